The van der Waals surface area contributed by atoms with Crippen LogP contribution in [0, 0.1) is 6.92 Å². The second-order valence-electron chi connectivity index (χ2n) is 7.37. The number of benzene rings is 3. The van der Waals surface area contributed by atoms with Crippen molar-refractivity contribution in [1.82, 2.24) is 14.5 Å². The van der Waals surface area contributed by atoms with E-state index in [9.17, 15) is 4.79 Å². The monoisotopic (exact) mass is 458 g/mol. The highest BCUT2D eigenvalue weighted by atomic mass is 35.5. The first-order valence-electron chi connectivity index (χ1n) is 10.1. The van der Waals surface area contributed by atoms with E-state index in [1.807, 2.05) is 85.1 Å². The third kappa shape index (κ3) is 3.90. The van der Waals surface area contributed by atoms with Gasteiger partial charge in [-0.15, -0.1) is 11.3 Å². The second-order valence-corrected chi connectivity index (χ2v) is 8.67. The number of aryl methyl sites for hydroxylation is 1. The van der Waals surface area contributed by atoms with Gasteiger partial charge in [-0.3, -0.25) is 9.36 Å². The molecule has 5 aromatic rings. The maximum Gasteiger partial charge on any atom is 0.266 e. The summed E-state index contributed by atoms with van der Waals surface area (Å²) in [5, 5.41) is 7.38. The number of anilines is 1. The van der Waals surface area contributed by atoms with Crippen LogP contribution in [0.2, 0.25) is 5.02 Å². The van der Waals surface area contributed by atoms with Crippen LogP contribution >= 0.6 is 22.9 Å². The topological polar surface area (TPSA) is 59.8 Å². The predicted octanol–water partition coefficient (Wildman–Crippen LogP) is 6.08. The van der Waals surface area contributed by atoms with Crippen LogP contribution in [0.4, 0.5) is 5.13 Å². The van der Waals surface area contributed by atoms with E-state index >= 15 is 0 Å². The van der Waals surface area contributed by atoms with E-state index in [0.29, 0.717) is 28.3 Å². The number of para-hydroxylation sites is 2. The van der Waals surface area contributed by atoms with Gasteiger partial charge in [-0.05, 0) is 42.8 Å². The van der Waals surface area contributed by atoms with Crippen LogP contribution in [0.1, 0.15) is 11.4 Å². The maximum atomic E-state index is 13.4. The van der Waals surface area contributed by atoms with E-state index in [1.54, 1.807) is 4.57 Å². The molecule has 0 spiro atoms. The Bertz CT molecular complexity index is 1470. The Morgan fingerprint density at radius 1 is 0.969 bits per heavy atom. The minimum Gasteiger partial charge on any atom is -0.354 e. The van der Waals surface area contributed by atoms with Crippen molar-refractivity contribution in [2.75, 3.05) is 5.32 Å². The molecule has 0 unspecified atom stereocenters. The van der Waals surface area contributed by atoms with Gasteiger partial charge in [-0.2, -0.15) is 0 Å². The molecule has 158 valence electrons. The van der Waals surface area contributed by atoms with E-state index in [4.69, 9.17) is 16.6 Å². The van der Waals surface area contributed by atoms with E-state index in [-0.39, 0.29) is 5.56 Å². The number of thiazole rings is 1. The molecule has 0 aliphatic rings. The third-order valence-electron chi connectivity index (χ3n) is 5.24. The molecule has 0 saturated carbocycles. The van der Waals surface area contributed by atoms with Crippen molar-refractivity contribution in [3.63, 3.8) is 0 Å². The predicted molar refractivity (Wildman–Crippen MR) is 132 cm³/mol. The lowest BCUT2D eigenvalue weighted by atomic mass is 10.2. The summed E-state index contributed by atoms with van der Waals surface area (Å²) in [5.41, 5.74) is 4.31. The molecule has 2 aromatic heterocycles. The van der Waals surface area contributed by atoms with Crippen molar-refractivity contribution in [3.8, 4) is 16.9 Å². The molecule has 0 fully saturated rings. The standard InChI is InChI=1S/C25H19ClN4OS/c1-16-6-2-5-9-22(16)30-23(28-20-8-4-3-7-19(20)24(30)31)14-27-25-29-21(15-32-25)17-10-12-18(26)13-11-17/h2-13,15H,14H2,1H3,(H,27,29). The summed E-state index contributed by atoms with van der Waals surface area (Å²) < 4.78 is 1.69. The second kappa shape index (κ2) is 8.57. The minimum atomic E-state index is -0.0808. The fourth-order valence-corrected chi connectivity index (χ4v) is 4.47. The number of hydrogen-bond acceptors (Lipinski definition) is 5. The Morgan fingerprint density at radius 2 is 1.72 bits per heavy atom. The summed E-state index contributed by atoms with van der Waals surface area (Å²) in [7, 11) is 0. The molecule has 0 bridgehead atoms. The van der Waals surface area contributed by atoms with Crippen molar-refractivity contribution in [3.05, 3.63) is 105 Å². The van der Waals surface area contributed by atoms with Gasteiger partial charge in [0.2, 0.25) is 0 Å². The molecule has 0 aliphatic carbocycles. The van der Waals surface area contributed by atoms with Gasteiger partial charge in [-0.25, -0.2) is 9.97 Å². The number of halogens is 1. The van der Waals surface area contributed by atoms with E-state index in [0.717, 1.165) is 27.6 Å². The molecule has 3 aromatic carbocycles. The fraction of sp³-hybridized carbons (Fsp3) is 0.0800. The zero-order valence-corrected chi connectivity index (χ0v) is 18.8. The van der Waals surface area contributed by atoms with Crippen LogP contribution < -0.4 is 10.9 Å². The van der Waals surface area contributed by atoms with Crippen LogP contribution in [0.25, 0.3) is 27.8 Å². The molecule has 5 nitrogen and oxygen atoms in total. The van der Waals surface area contributed by atoms with Crippen LogP contribution in [-0.4, -0.2) is 14.5 Å². The quantitative estimate of drug-likeness (QED) is 0.346. The Kier molecular flexibility index (Phi) is 5.47. The largest absolute Gasteiger partial charge is 0.354 e. The lowest BCUT2D eigenvalue weighted by Crippen LogP contribution is -2.26. The number of hydrogen-bond donors (Lipinski definition) is 1. The van der Waals surface area contributed by atoms with E-state index in [2.05, 4.69) is 10.3 Å². The number of nitrogens with one attached hydrogen (secondary N) is 1. The van der Waals surface area contributed by atoms with Crippen molar-refractivity contribution in [2.24, 2.45) is 0 Å². The van der Waals surface area contributed by atoms with Crippen molar-refractivity contribution in [2.45, 2.75) is 13.5 Å². The highest BCUT2D eigenvalue weighted by molar-refractivity contribution is 7.14. The lowest BCUT2D eigenvalue weighted by molar-refractivity contribution is 0.834. The zero-order chi connectivity index (χ0) is 22.1. The highest BCUT2D eigenvalue weighted by Gasteiger charge is 2.14. The first kappa shape index (κ1) is 20.4. The highest BCUT2D eigenvalue weighted by Crippen LogP contribution is 2.26. The molecule has 0 amide bonds. The molecular weight excluding hydrogens is 440 g/mol. The zero-order valence-electron chi connectivity index (χ0n) is 17.2. The molecule has 0 atom stereocenters. The normalized spacial score (nSPS) is 11.1. The molecule has 0 saturated heterocycles. The molecule has 2 heterocycles. The number of nitrogens with zero attached hydrogens (tertiary/aromatic N) is 3. The number of aromatic nitrogens is 3. The van der Waals surface area contributed by atoms with Gasteiger partial charge >= 0.3 is 0 Å². The van der Waals surface area contributed by atoms with Crippen molar-refractivity contribution < 1.29 is 0 Å². The summed E-state index contributed by atoms with van der Waals surface area (Å²) >= 11 is 7.50. The van der Waals surface area contributed by atoms with Gasteiger partial charge in [0.1, 0.15) is 5.82 Å². The average Bonchev–Trinajstić information content (AvgIpc) is 3.28. The molecule has 5 rings (SSSR count). The first-order chi connectivity index (χ1) is 15.6. The summed E-state index contributed by atoms with van der Waals surface area (Å²) in [6.07, 6.45) is 0. The third-order valence-corrected chi connectivity index (χ3v) is 6.30. The van der Waals surface area contributed by atoms with Crippen LogP contribution in [0.15, 0.2) is 83.0 Å². The molecule has 1 N–H and O–H groups in total. The summed E-state index contributed by atoms with van der Waals surface area (Å²) in [6, 6.07) is 22.9. The number of rotatable bonds is 5. The van der Waals surface area contributed by atoms with Gasteiger partial charge < -0.3 is 5.32 Å². The van der Waals surface area contributed by atoms with Crippen LogP contribution in [0.5, 0.6) is 0 Å². The Morgan fingerprint density at radius 3 is 2.53 bits per heavy atom. The summed E-state index contributed by atoms with van der Waals surface area (Å²) in [5.74, 6) is 0.631. The summed E-state index contributed by atoms with van der Waals surface area (Å²) in [6.45, 7) is 2.36. The molecule has 32 heavy (non-hydrogen) atoms. The fourth-order valence-electron chi connectivity index (χ4n) is 3.62. The Labute approximate surface area is 194 Å². The van der Waals surface area contributed by atoms with Gasteiger partial charge in [0.25, 0.3) is 5.56 Å². The van der Waals surface area contributed by atoms with Crippen LogP contribution in [0.3, 0.4) is 0 Å². The lowest BCUT2D eigenvalue weighted by Gasteiger charge is -2.15. The van der Waals surface area contributed by atoms with E-state index in [1.165, 1.54) is 11.3 Å². The minimum absolute atomic E-state index is 0.0808. The van der Waals surface area contributed by atoms with Gasteiger partial charge in [0.05, 0.1) is 28.8 Å². The molecular formula is C25H19ClN4OS. The van der Waals surface area contributed by atoms with Gasteiger partial charge in [0.15, 0.2) is 5.13 Å². The smallest absolute Gasteiger partial charge is 0.266 e. The molecule has 0 aliphatic heterocycles. The van der Waals surface area contributed by atoms with Gasteiger partial charge in [0, 0.05) is 16.0 Å². The SMILES string of the molecule is Cc1ccccc1-n1c(CNc2nc(-c3ccc(Cl)cc3)cs2)nc2ccccc2c1=O. The Balaban J connectivity index is 1.52. The number of fused-ring (bicyclic) bond motifs is 1. The van der Waals surface area contributed by atoms with Crippen molar-refractivity contribution >= 4 is 39.0 Å². The van der Waals surface area contributed by atoms with E-state index < -0.39 is 0 Å². The maximum absolute atomic E-state index is 13.4. The Hall–Kier alpha value is -3.48. The van der Waals surface area contributed by atoms with Gasteiger partial charge in [-0.1, -0.05) is 54.1 Å². The average molecular weight is 459 g/mol. The van der Waals surface area contributed by atoms with Crippen molar-refractivity contribution in [1.29, 1.82) is 0 Å². The summed E-state index contributed by atoms with van der Waals surface area (Å²) in [4.78, 5) is 22.9. The molecule has 7 heteroatoms. The van der Waals surface area contributed by atoms with Crippen LogP contribution in [-0.2, 0) is 6.54 Å². The first-order valence-corrected chi connectivity index (χ1v) is 11.4. The molecule has 0 radical (unpaired) electrons.